The average molecular weight is 300 g/mol. The van der Waals surface area contributed by atoms with Crippen molar-refractivity contribution in [3.8, 4) is 0 Å². The van der Waals surface area contributed by atoms with Gasteiger partial charge in [-0.05, 0) is 19.1 Å². The number of nitrogens with zero attached hydrogens (tertiary/aromatic N) is 1. The van der Waals surface area contributed by atoms with Crippen LogP contribution in [0.25, 0.3) is 0 Å². The molecule has 0 atom stereocenters. The number of amides is 2. The quantitative estimate of drug-likeness (QED) is 0.575. The summed E-state index contributed by atoms with van der Waals surface area (Å²) in [7, 11) is 0. The molecule has 1 heterocycles. The van der Waals surface area contributed by atoms with Crippen LogP contribution in [0.1, 0.15) is 17.3 Å². The van der Waals surface area contributed by atoms with E-state index < -0.39 is 18.5 Å². The third kappa shape index (κ3) is 5.66. The van der Waals surface area contributed by atoms with Crippen LogP contribution >= 0.6 is 11.6 Å². The molecule has 7 nitrogen and oxygen atoms in total. The summed E-state index contributed by atoms with van der Waals surface area (Å²) >= 11 is 5.58. The van der Waals surface area contributed by atoms with E-state index in [0.29, 0.717) is 6.54 Å². The van der Waals surface area contributed by atoms with E-state index in [9.17, 15) is 14.4 Å². The smallest absolute Gasteiger partial charge is 0.340 e. The lowest BCUT2D eigenvalue weighted by Crippen LogP contribution is -2.38. The average Bonchev–Trinajstić information content (AvgIpc) is 2.43. The van der Waals surface area contributed by atoms with Crippen LogP contribution in [0.2, 0.25) is 5.15 Å². The summed E-state index contributed by atoms with van der Waals surface area (Å²) in [5, 5.41) is 5.08. The fourth-order valence-electron chi connectivity index (χ4n) is 1.20. The second-order valence-electron chi connectivity index (χ2n) is 3.68. The molecule has 20 heavy (non-hydrogen) atoms. The van der Waals surface area contributed by atoms with E-state index in [-0.39, 0.29) is 23.2 Å². The Morgan fingerprint density at radius 1 is 1.25 bits per heavy atom. The first-order chi connectivity index (χ1) is 9.52. The van der Waals surface area contributed by atoms with Crippen molar-refractivity contribution in [3.63, 3.8) is 0 Å². The fraction of sp³-hybridized carbons (Fsp3) is 0.333. The molecule has 0 aliphatic heterocycles. The number of hydrogen-bond acceptors (Lipinski definition) is 5. The zero-order chi connectivity index (χ0) is 15.0. The molecule has 1 aromatic heterocycles. The zero-order valence-corrected chi connectivity index (χ0v) is 11.6. The molecule has 2 amide bonds. The summed E-state index contributed by atoms with van der Waals surface area (Å²) in [6.07, 6.45) is 1.25. The number of ether oxygens (including phenoxy) is 1. The number of pyridine rings is 1. The van der Waals surface area contributed by atoms with Crippen LogP contribution in [0.15, 0.2) is 18.3 Å². The van der Waals surface area contributed by atoms with Crippen molar-refractivity contribution in [1.29, 1.82) is 0 Å². The van der Waals surface area contributed by atoms with Crippen LogP contribution in [0.5, 0.6) is 0 Å². The Kier molecular flexibility index (Phi) is 6.45. The molecule has 2 N–H and O–H groups in total. The van der Waals surface area contributed by atoms with Gasteiger partial charge in [0.2, 0.25) is 5.91 Å². The number of carbonyl (C=O) groups excluding carboxylic acids is 3. The van der Waals surface area contributed by atoms with E-state index in [0.717, 1.165) is 0 Å². The molecular weight excluding hydrogens is 286 g/mol. The van der Waals surface area contributed by atoms with Crippen LogP contribution in [0, 0.1) is 0 Å². The van der Waals surface area contributed by atoms with Crippen molar-refractivity contribution in [2.45, 2.75) is 6.92 Å². The molecule has 1 rings (SSSR count). The summed E-state index contributed by atoms with van der Waals surface area (Å²) in [5.41, 5.74) is 0.186. The number of likely N-dealkylation sites (N-methyl/N-ethyl adjacent to an activating group) is 1. The summed E-state index contributed by atoms with van der Waals surface area (Å²) in [6, 6.07) is 2.87. The molecule has 1 aromatic rings. The molecule has 0 unspecified atom stereocenters. The van der Waals surface area contributed by atoms with Crippen molar-refractivity contribution in [1.82, 2.24) is 15.6 Å². The minimum atomic E-state index is -0.692. The van der Waals surface area contributed by atoms with Crippen molar-refractivity contribution in [3.05, 3.63) is 29.0 Å². The number of esters is 1. The van der Waals surface area contributed by atoms with Crippen LogP contribution in [-0.2, 0) is 14.3 Å². The summed E-state index contributed by atoms with van der Waals surface area (Å²) < 4.78 is 4.76. The van der Waals surface area contributed by atoms with Crippen LogP contribution in [0.3, 0.4) is 0 Å². The van der Waals surface area contributed by atoms with Gasteiger partial charge in [-0.2, -0.15) is 0 Å². The van der Waals surface area contributed by atoms with E-state index >= 15 is 0 Å². The normalized spacial score (nSPS) is 9.70. The lowest BCUT2D eigenvalue weighted by molar-refractivity contribution is -0.127. The number of nitrogens with one attached hydrogen (secondary N) is 2. The first-order valence-corrected chi connectivity index (χ1v) is 6.22. The second kappa shape index (κ2) is 8.11. The monoisotopic (exact) mass is 299 g/mol. The van der Waals surface area contributed by atoms with Crippen LogP contribution < -0.4 is 10.6 Å². The maximum Gasteiger partial charge on any atom is 0.340 e. The fourth-order valence-corrected chi connectivity index (χ4v) is 1.31. The van der Waals surface area contributed by atoms with Crippen LogP contribution in [-0.4, -0.2) is 42.5 Å². The van der Waals surface area contributed by atoms with Gasteiger partial charge in [0.05, 0.1) is 12.1 Å². The molecule has 0 saturated heterocycles. The highest BCUT2D eigenvalue weighted by molar-refractivity contribution is 6.29. The Hall–Kier alpha value is -2.15. The van der Waals surface area contributed by atoms with Gasteiger partial charge in [0.1, 0.15) is 5.15 Å². The van der Waals surface area contributed by atoms with Crippen molar-refractivity contribution in [2.24, 2.45) is 0 Å². The predicted octanol–water partition coefficient (Wildman–Crippen LogP) is 0.144. The Bertz CT molecular complexity index is 490. The van der Waals surface area contributed by atoms with Gasteiger partial charge in [0.15, 0.2) is 6.61 Å². The lowest BCUT2D eigenvalue weighted by Gasteiger charge is -2.06. The summed E-state index contributed by atoms with van der Waals surface area (Å²) in [5.74, 6) is -1.57. The third-order valence-corrected chi connectivity index (χ3v) is 2.34. The molecule has 8 heteroatoms. The molecule has 0 spiro atoms. The lowest BCUT2D eigenvalue weighted by atomic mass is 10.3. The Morgan fingerprint density at radius 3 is 2.60 bits per heavy atom. The first-order valence-electron chi connectivity index (χ1n) is 5.85. The number of halogens is 1. The molecule has 0 radical (unpaired) electrons. The summed E-state index contributed by atoms with van der Waals surface area (Å²) in [6.45, 7) is 1.61. The van der Waals surface area contributed by atoms with Gasteiger partial charge in [-0.1, -0.05) is 11.6 Å². The first kappa shape index (κ1) is 15.9. The van der Waals surface area contributed by atoms with Gasteiger partial charge in [0, 0.05) is 12.7 Å². The maximum atomic E-state index is 11.5. The second-order valence-corrected chi connectivity index (χ2v) is 4.06. The van der Waals surface area contributed by atoms with Gasteiger partial charge >= 0.3 is 5.97 Å². The van der Waals surface area contributed by atoms with E-state index in [4.69, 9.17) is 16.3 Å². The minimum Gasteiger partial charge on any atom is -0.452 e. The van der Waals surface area contributed by atoms with Gasteiger partial charge in [-0.3, -0.25) is 9.59 Å². The van der Waals surface area contributed by atoms with Crippen LogP contribution in [0.4, 0.5) is 0 Å². The molecule has 0 saturated carbocycles. The van der Waals surface area contributed by atoms with Crippen molar-refractivity contribution < 1.29 is 19.1 Å². The zero-order valence-electron chi connectivity index (χ0n) is 10.8. The van der Waals surface area contributed by atoms with E-state index in [1.54, 1.807) is 6.92 Å². The molecule has 0 aliphatic carbocycles. The topological polar surface area (TPSA) is 97.4 Å². The van der Waals surface area contributed by atoms with Crippen molar-refractivity contribution >= 4 is 29.4 Å². The van der Waals surface area contributed by atoms with Gasteiger partial charge in [-0.15, -0.1) is 0 Å². The van der Waals surface area contributed by atoms with E-state index in [2.05, 4.69) is 15.6 Å². The molecule has 0 bridgehead atoms. The summed E-state index contributed by atoms with van der Waals surface area (Å²) in [4.78, 5) is 37.7. The molecular formula is C12H14ClN3O4. The largest absolute Gasteiger partial charge is 0.452 e. The number of rotatable bonds is 6. The minimum absolute atomic E-state index is 0.160. The van der Waals surface area contributed by atoms with Crippen molar-refractivity contribution in [2.75, 3.05) is 19.7 Å². The Labute approximate surface area is 120 Å². The standard InChI is InChI=1S/C12H14ClN3O4/c1-2-14-10(17)6-16-11(18)7-20-12(19)8-3-4-9(13)15-5-8/h3-5H,2,6-7H2,1H3,(H,14,17)(H,16,18). The molecule has 108 valence electrons. The van der Waals surface area contributed by atoms with E-state index in [1.165, 1.54) is 18.3 Å². The molecule has 0 aromatic carbocycles. The Morgan fingerprint density at radius 2 is 2.00 bits per heavy atom. The maximum absolute atomic E-state index is 11.5. The predicted molar refractivity (Wildman–Crippen MR) is 71.2 cm³/mol. The number of aromatic nitrogens is 1. The third-order valence-electron chi connectivity index (χ3n) is 2.12. The SMILES string of the molecule is CCNC(=O)CNC(=O)COC(=O)c1ccc(Cl)nc1. The Balaban J connectivity index is 2.32. The molecule has 0 aliphatic rings. The van der Waals surface area contributed by atoms with E-state index in [1.807, 2.05) is 0 Å². The number of hydrogen-bond donors (Lipinski definition) is 2. The number of carbonyl (C=O) groups is 3. The highest BCUT2D eigenvalue weighted by Gasteiger charge is 2.11. The van der Waals surface area contributed by atoms with Gasteiger partial charge in [-0.25, -0.2) is 9.78 Å². The molecule has 0 fully saturated rings. The van der Waals surface area contributed by atoms with Gasteiger partial charge < -0.3 is 15.4 Å². The highest BCUT2D eigenvalue weighted by atomic mass is 35.5. The van der Waals surface area contributed by atoms with Gasteiger partial charge in [0.25, 0.3) is 5.91 Å². The highest BCUT2D eigenvalue weighted by Crippen LogP contribution is 2.06.